The fourth-order valence-electron chi connectivity index (χ4n) is 2.39. The molecule has 0 unspecified atom stereocenters. The number of nitrogens with zero attached hydrogens (tertiary/aromatic N) is 1. The second-order valence-electron chi connectivity index (χ2n) is 5.98. The molecule has 0 aliphatic heterocycles. The van der Waals surface area contributed by atoms with E-state index in [4.69, 9.17) is 4.74 Å². The molecule has 0 aromatic heterocycles. The van der Waals surface area contributed by atoms with Crippen LogP contribution in [0.3, 0.4) is 0 Å². The van der Waals surface area contributed by atoms with Crippen LogP contribution in [0.5, 0.6) is 5.75 Å². The van der Waals surface area contributed by atoms with Crippen molar-refractivity contribution in [2.24, 2.45) is 0 Å². The summed E-state index contributed by atoms with van der Waals surface area (Å²) in [6, 6.07) is 6.28. The maximum atomic E-state index is 11.3. The fraction of sp³-hybridized carbons (Fsp3) is 0.650. The van der Waals surface area contributed by atoms with Crippen LogP contribution in [0.25, 0.3) is 11.1 Å². The topological polar surface area (TPSA) is 29.5 Å². The SMILES string of the molecule is CCCCC(=O)CCN(CC)CC.CCCOc1ccc2cc1-2. The molecule has 0 saturated carbocycles. The molecule has 0 radical (unpaired) electrons. The molecule has 3 heteroatoms. The van der Waals surface area contributed by atoms with Crippen molar-refractivity contribution in [1.29, 1.82) is 0 Å². The maximum absolute atomic E-state index is 11.3. The molecule has 0 atom stereocenters. The van der Waals surface area contributed by atoms with Crippen LogP contribution >= 0.6 is 0 Å². The molecule has 2 rings (SSSR count). The second kappa shape index (κ2) is 11.2. The van der Waals surface area contributed by atoms with Crippen molar-refractivity contribution >= 4 is 5.78 Å². The number of hydrogen-bond acceptors (Lipinski definition) is 3. The van der Waals surface area contributed by atoms with Gasteiger partial charge < -0.3 is 9.64 Å². The predicted octanol–water partition coefficient (Wildman–Crippen LogP) is 4.93. The summed E-state index contributed by atoms with van der Waals surface area (Å²) < 4.78 is 5.45. The lowest BCUT2D eigenvalue weighted by Crippen LogP contribution is -2.25. The molecule has 0 spiro atoms. The third kappa shape index (κ3) is 7.65. The Morgan fingerprint density at radius 3 is 2.26 bits per heavy atom. The van der Waals surface area contributed by atoms with Gasteiger partial charge in [0.2, 0.25) is 0 Å². The third-order valence-electron chi connectivity index (χ3n) is 4.08. The standard InChI is InChI=1S/C11H23NO.C9H10O/c1-4-7-8-11(13)9-10-12(5-2)6-3;1-2-5-10-9-4-3-7-6-8(7)9/h4-10H2,1-3H3;3-4,6H,2,5H2,1H3. The van der Waals surface area contributed by atoms with Crippen molar-refractivity contribution in [3.63, 3.8) is 0 Å². The Morgan fingerprint density at radius 2 is 1.78 bits per heavy atom. The number of benzene rings is 1. The molecule has 23 heavy (non-hydrogen) atoms. The van der Waals surface area contributed by atoms with Gasteiger partial charge in [-0.05, 0) is 43.6 Å². The normalized spacial score (nSPS) is 11.0. The van der Waals surface area contributed by atoms with Crippen molar-refractivity contribution in [3.8, 4) is 16.9 Å². The summed E-state index contributed by atoms with van der Waals surface area (Å²) in [5, 5.41) is 0. The first-order chi connectivity index (χ1) is 11.2. The van der Waals surface area contributed by atoms with Gasteiger partial charge in [-0.15, -0.1) is 0 Å². The van der Waals surface area contributed by atoms with Gasteiger partial charge in [0.15, 0.2) is 0 Å². The van der Waals surface area contributed by atoms with E-state index in [1.54, 1.807) is 0 Å². The summed E-state index contributed by atoms with van der Waals surface area (Å²) in [7, 11) is 0. The lowest BCUT2D eigenvalue weighted by Gasteiger charge is -2.16. The van der Waals surface area contributed by atoms with Crippen molar-refractivity contribution in [1.82, 2.24) is 4.90 Å². The molecule has 0 fully saturated rings. The highest BCUT2D eigenvalue weighted by Crippen LogP contribution is 2.43. The molecule has 0 heterocycles. The van der Waals surface area contributed by atoms with Crippen LogP contribution in [0.15, 0.2) is 18.2 Å². The first kappa shape index (κ1) is 19.7. The number of carbonyl (C=O) groups is 1. The molecule has 0 aromatic carbocycles. The minimum atomic E-state index is 0.425. The van der Waals surface area contributed by atoms with Crippen molar-refractivity contribution < 1.29 is 9.53 Å². The lowest BCUT2D eigenvalue weighted by molar-refractivity contribution is -0.119. The van der Waals surface area contributed by atoms with E-state index in [9.17, 15) is 4.79 Å². The maximum Gasteiger partial charge on any atom is 0.134 e. The van der Waals surface area contributed by atoms with Gasteiger partial charge in [0.1, 0.15) is 11.5 Å². The van der Waals surface area contributed by atoms with E-state index in [1.165, 1.54) is 11.1 Å². The van der Waals surface area contributed by atoms with Gasteiger partial charge in [-0.3, -0.25) is 4.79 Å². The summed E-state index contributed by atoms with van der Waals surface area (Å²) in [6.45, 7) is 12.4. The molecule has 0 saturated heterocycles. The summed E-state index contributed by atoms with van der Waals surface area (Å²) >= 11 is 0. The molecular weight excluding hydrogens is 286 g/mol. The van der Waals surface area contributed by atoms with Crippen LogP contribution in [-0.4, -0.2) is 36.9 Å². The Balaban J connectivity index is 0.000000235. The predicted molar refractivity (Wildman–Crippen MR) is 98.2 cm³/mol. The van der Waals surface area contributed by atoms with E-state index < -0.39 is 0 Å². The Bertz CT molecular complexity index is 467. The van der Waals surface area contributed by atoms with E-state index in [-0.39, 0.29) is 0 Å². The van der Waals surface area contributed by atoms with Gasteiger partial charge in [-0.2, -0.15) is 0 Å². The Labute approximate surface area is 142 Å². The number of carbonyl (C=O) groups excluding carboxylic acids is 1. The third-order valence-corrected chi connectivity index (χ3v) is 4.08. The van der Waals surface area contributed by atoms with Gasteiger partial charge in [0, 0.05) is 24.9 Å². The number of rotatable bonds is 11. The lowest BCUT2D eigenvalue weighted by atomic mass is 10.1. The van der Waals surface area contributed by atoms with E-state index in [2.05, 4.69) is 44.7 Å². The van der Waals surface area contributed by atoms with E-state index >= 15 is 0 Å². The number of ether oxygens (including phenoxy) is 1. The average molecular weight is 319 g/mol. The molecule has 0 bridgehead atoms. The largest absolute Gasteiger partial charge is 0.493 e. The Kier molecular flexibility index (Phi) is 9.61. The summed E-state index contributed by atoms with van der Waals surface area (Å²) in [6.07, 6.45) is 4.77. The molecule has 130 valence electrons. The average Bonchev–Trinajstić information content (AvgIpc) is 3.25. The van der Waals surface area contributed by atoms with Crippen LogP contribution < -0.4 is 4.74 Å². The monoisotopic (exact) mass is 319 g/mol. The number of fused-ring (bicyclic) bond motifs is 1. The van der Waals surface area contributed by atoms with Gasteiger partial charge in [-0.1, -0.05) is 40.2 Å². The molecule has 0 amide bonds. The summed E-state index contributed by atoms with van der Waals surface area (Å²) in [5.74, 6) is 1.49. The summed E-state index contributed by atoms with van der Waals surface area (Å²) in [4.78, 5) is 13.6. The molecule has 0 aromatic rings. The molecular formula is C20H33NO2. The van der Waals surface area contributed by atoms with Gasteiger partial charge in [-0.25, -0.2) is 0 Å². The van der Waals surface area contributed by atoms with E-state index in [0.29, 0.717) is 5.78 Å². The quantitative estimate of drug-likeness (QED) is 0.588. The molecule has 2 aliphatic rings. The van der Waals surface area contributed by atoms with Crippen LogP contribution in [0, 0.1) is 0 Å². The highest BCUT2D eigenvalue weighted by Gasteiger charge is 2.17. The van der Waals surface area contributed by atoms with Crippen LogP contribution in [0.1, 0.15) is 59.8 Å². The smallest absolute Gasteiger partial charge is 0.134 e. The Hall–Kier alpha value is -1.35. The second-order valence-corrected chi connectivity index (χ2v) is 5.98. The van der Waals surface area contributed by atoms with Gasteiger partial charge in [0.25, 0.3) is 0 Å². The first-order valence-corrected chi connectivity index (χ1v) is 9.17. The van der Waals surface area contributed by atoms with Gasteiger partial charge in [0.05, 0.1) is 6.61 Å². The fourth-order valence-corrected chi connectivity index (χ4v) is 2.39. The zero-order valence-corrected chi connectivity index (χ0v) is 15.4. The highest BCUT2D eigenvalue weighted by molar-refractivity contribution is 5.87. The highest BCUT2D eigenvalue weighted by atomic mass is 16.5. The molecule has 2 aliphatic carbocycles. The Morgan fingerprint density at radius 1 is 1.04 bits per heavy atom. The number of ketones is 1. The van der Waals surface area contributed by atoms with E-state index in [1.807, 2.05) is 6.07 Å². The van der Waals surface area contributed by atoms with Gasteiger partial charge >= 0.3 is 0 Å². The zero-order valence-electron chi connectivity index (χ0n) is 15.4. The molecule has 3 nitrogen and oxygen atoms in total. The molecule has 0 N–H and O–H groups in total. The minimum Gasteiger partial charge on any atom is -0.493 e. The van der Waals surface area contributed by atoms with Crippen molar-refractivity contribution in [3.05, 3.63) is 18.2 Å². The number of unbranched alkanes of at least 4 members (excludes halogenated alkanes) is 1. The first-order valence-electron chi connectivity index (χ1n) is 9.17. The van der Waals surface area contributed by atoms with E-state index in [0.717, 1.165) is 64.1 Å². The van der Waals surface area contributed by atoms with Crippen LogP contribution in [0.2, 0.25) is 0 Å². The number of Topliss-reactive ketones (excluding diaryl/α,β-unsaturated/α-hetero) is 1. The number of hydrogen-bond donors (Lipinski definition) is 0. The van der Waals surface area contributed by atoms with Crippen molar-refractivity contribution in [2.75, 3.05) is 26.2 Å². The minimum absolute atomic E-state index is 0.425. The summed E-state index contributed by atoms with van der Waals surface area (Å²) in [5.41, 5.74) is 2.67. The van der Waals surface area contributed by atoms with Crippen LogP contribution in [-0.2, 0) is 4.79 Å². The zero-order chi connectivity index (χ0) is 17.1. The van der Waals surface area contributed by atoms with Crippen LogP contribution in [0.4, 0.5) is 0 Å². The van der Waals surface area contributed by atoms with Crippen molar-refractivity contribution in [2.45, 2.75) is 59.8 Å².